The molecule has 1 aliphatic heterocycles. The highest BCUT2D eigenvalue weighted by Crippen LogP contribution is 2.43. The van der Waals surface area contributed by atoms with Crippen molar-refractivity contribution < 1.29 is 71.2 Å². The Labute approximate surface area is 320 Å². The van der Waals surface area contributed by atoms with Crippen molar-refractivity contribution in [1.29, 1.82) is 0 Å². The maximum atomic E-state index is 11.4. The monoisotopic (exact) mass is 835 g/mol. The van der Waals surface area contributed by atoms with Gasteiger partial charge in [0.15, 0.2) is 0 Å². The highest BCUT2D eigenvalue weighted by Gasteiger charge is 2.32. The van der Waals surface area contributed by atoms with Crippen molar-refractivity contribution in [2.75, 3.05) is 66.8 Å². The number of phosphoric ester groups is 2. The zero-order valence-electron chi connectivity index (χ0n) is 30.7. The average molecular weight is 836 g/mol. The lowest BCUT2D eigenvalue weighted by Crippen LogP contribution is -2.32. The average Bonchev–Trinajstić information content (AvgIpc) is 3.47. The van der Waals surface area contributed by atoms with Crippen LogP contribution in [0.3, 0.4) is 0 Å². The molecule has 0 spiro atoms. The van der Waals surface area contributed by atoms with E-state index in [0.717, 1.165) is 46.3 Å². The van der Waals surface area contributed by atoms with Crippen LogP contribution in [0.5, 0.6) is 0 Å². The van der Waals surface area contributed by atoms with Gasteiger partial charge in [0.2, 0.25) is 5.91 Å². The van der Waals surface area contributed by atoms with Crippen LogP contribution in [0.4, 0.5) is 0 Å². The molecule has 55 heavy (non-hydrogen) atoms. The molecule has 0 bridgehead atoms. The number of rotatable bonds is 28. The molecule has 4 atom stereocenters. The molecule has 1 aliphatic rings. The minimum atomic E-state index is -4.01. The van der Waals surface area contributed by atoms with Gasteiger partial charge < -0.3 is 35.9 Å². The van der Waals surface area contributed by atoms with Gasteiger partial charge in [-0.15, -0.1) is 5.06 Å². The topological polar surface area (TPSA) is 368 Å². The molecule has 0 saturated carbocycles. The van der Waals surface area contributed by atoms with Gasteiger partial charge in [-0.2, -0.15) is 0 Å². The van der Waals surface area contributed by atoms with Gasteiger partial charge in [0.1, 0.15) is 0 Å². The molecule has 1 rings (SSSR count). The fraction of sp³-hybridized carbons (Fsp3) is 0.862. The highest BCUT2D eigenvalue weighted by molar-refractivity contribution is 7.47. The van der Waals surface area contributed by atoms with E-state index in [2.05, 4.69) is 43.8 Å². The number of nitrogens with one attached hydrogen (secondary N) is 1. The van der Waals surface area contributed by atoms with Gasteiger partial charge >= 0.3 is 21.6 Å². The molecule has 7 N–H and O–H groups in total. The molecule has 1 heterocycles. The third-order valence-electron chi connectivity index (χ3n) is 6.98. The minimum Gasteiger partial charge on any atom is -0.396 e. The lowest BCUT2D eigenvalue weighted by Gasteiger charge is -2.16. The molecular weight excluding hydrogens is 776 g/mol. The third-order valence-corrected chi connectivity index (χ3v) is 8.85. The molecule has 320 valence electrons. The van der Waals surface area contributed by atoms with E-state index in [4.69, 9.17) is 36.2 Å². The number of imide groups is 1. The molecule has 4 unspecified atom stereocenters. The number of hydrogen-bond donors (Lipinski definition) is 6. The van der Waals surface area contributed by atoms with E-state index < -0.39 is 33.4 Å². The third kappa shape index (κ3) is 32.7. The molecule has 0 aromatic heterocycles. The Kier molecular flexibility index (Phi) is 36.0. The van der Waals surface area contributed by atoms with E-state index in [0.29, 0.717) is 50.4 Å². The van der Waals surface area contributed by atoms with Crippen LogP contribution in [-0.4, -0.2) is 116 Å². The number of aliphatic hydroxyl groups is 2. The Bertz CT molecular complexity index is 1270. The number of nitrogens with two attached hydrogens (primary N) is 1. The number of unbranched alkanes of at least 4 members (excludes halogenated alkanes) is 2. The summed E-state index contributed by atoms with van der Waals surface area (Å²) in [7, 11) is -5.75. The first-order chi connectivity index (χ1) is 25.6. The number of hydroxylamine groups is 2. The molecule has 24 nitrogen and oxygen atoms in total. The minimum absolute atomic E-state index is 0. The van der Waals surface area contributed by atoms with Crippen molar-refractivity contribution in [3.05, 3.63) is 20.9 Å². The second-order valence-electron chi connectivity index (χ2n) is 11.3. The number of hydrogen-bond acceptors (Lipinski definition) is 16. The van der Waals surface area contributed by atoms with Gasteiger partial charge in [0.25, 0.3) is 11.8 Å². The van der Waals surface area contributed by atoms with Crippen LogP contribution in [0.2, 0.25) is 0 Å². The van der Waals surface area contributed by atoms with Crippen molar-refractivity contribution in [1.82, 2.24) is 10.4 Å². The molecule has 3 amide bonds. The predicted octanol–water partition coefficient (Wildman–Crippen LogP) is 3.54. The lowest BCUT2D eigenvalue weighted by molar-refractivity contribution is -0.197. The number of phosphoric acid groups is 2. The normalized spacial score (nSPS) is 15.1. The van der Waals surface area contributed by atoms with E-state index in [-0.39, 0.29) is 77.4 Å². The van der Waals surface area contributed by atoms with E-state index in [1.807, 2.05) is 0 Å². The summed E-state index contributed by atoms with van der Waals surface area (Å²) in [5.74, 6) is -2.20. The van der Waals surface area contributed by atoms with Crippen LogP contribution in [0.25, 0.3) is 20.9 Å². The van der Waals surface area contributed by atoms with Crippen molar-refractivity contribution in [2.45, 2.75) is 84.5 Å². The predicted molar refractivity (Wildman–Crippen MR) is 197 cm³/mol. The van der Waals surface area contributed by atoms with E-state index in [1.165, 1.54) is 0 Å². The summed E-state index contributed by atoms with van der Waals surface area (Å²) in [6, 6.07) is 0. The van der Waals surface area contributed by atoms with Crippen LogP contribution in [0.15, 0.2) is 10.2 Å². The van der Waals surface area contributed by atoms with Gasteiger partial charge in [-0.3, -0.25) is 32.5 Å². The Morgan fingerprint density at radius 3 is 1.71 bits per heavy atom. The Balaban J connectivity index is -0.000000753. The fourth-order valence-electron chi connectivity index (χ4n) is 3.91. The summed E-state index contributed by atoms with van der Waals surface area (Å²) in [4.78, 5) is 72.4. The maximum Gasteiger partial charge on any atom is 0.471 e. The summed E-state index contributed by atoms with van der Waals surface area (Å²) >= 11 is 0. The van der Waals surface area contributed by atoms with Crippen LogP contribution >= 0.6 is 15.6 Å². The first-order valence-electron chi connectivity index (χ1n) is 17.0. The Morgan fingerprint density at radius 1 is 0.836 bits per heavy atom. The molecule has 26 heteroatoms. The Hall–Kier alpha value is -3.20. The number of nitrogens with zero attached hydrogens (tertiary/aromatic N) is 7. The largest absolute Gasteiger partial charge is 0.471 e. The second-order valence-corrected chi connectivity index (χ2v) is 14.4. The first-order valence-corrected chi connectivity index (χ1v) is 20.0. The van der Waals surface area contributed by atoms with Crippen molar-refractivity contribution in [2.24, 2.45) is 27.8 Å². The quantitative estimate of drug-likeness (QED) is 0.0164. The van der Waals surface area contributed by atoms with E-state index in [1.54, 1.807) is 0 Å². The summed E-state index contributed by atoms with van der Waals surface area (Å²) in [6.07, 6.45) is 5.81. The first kappa shape index (κ1) is 56.1. The summed E-state index contributed by atoms with van der Waals surface area (Å²) in [5, 5.41) is 28.0. The smallest absolute Gasteiger partial charge is 0.396 e. The van der Waals surface area contributed by atoms with Crippen molar-refractivity contribution in [3.63, 3.8) is 0 Å². The van der Waals surface area contributed by atoms with Crippen LogP contribution in [-0.2, 0) is 51.2 Å². The highest BCUT2D eigenvalue weighted by atomic mass is 31.2. The number of carbonyl (C=O) groups excluding carboxylic acids is 4. The number of aliphatic hydroxyl groups excluding tert-OH is 2. The summed E-state index contributed by atoms with van der Waals surface area (Å²) in [6.45, 7) is 1.31. The van der Waals surface area contributed by atoms with Crippen LogP contribution < -0.4 is 11.1 Å². The summed E-state index contributed by atoms with van der Waals surface area (Å²) < 4.78 is 40.0. The molecule has 0 radical (unpaired) electrons. The molecule has 1 saturated heterocycles. The zero-order chi connectivity index (χ0) is 41.3. The fourth-order valence-corrected chi connectivity index (χ4v) is 4.92. The molecule has 0 aliphatic carbocycles. The van der Waals surface area contributed by atoms with Gasteiger partial charge in [-0.1, -0.05) is 30.5 Å². The van der Waals surface area contributed by atoms with Crippen LogP contribution in [0, 0.1) is 11.8 Å². The molecular formula is C29H59N9O15P2. The van der Waals surface area contributed by atoms with Crippen molar-refractivity contribution >= 4 is 39.3 Å². The maximum absolute atomic E-state index is 11.4. The van der Waals surface area contributed by atoms with Gasteiger partial charge in [0, 0.05) is 94.4 Å². The Morgan fingerprint density at radius 2 is 1.29 bits per heavy atom. The van der Waals surface area contributed by atoms with Gasteiger partial charge in [-0.25, -0.2) is 13.9 Å². The van der Waals surface area contributed by atoms with Gasteiger partial charge in [-0.05, 0) is 56.1 Å². The molecule has 0 aromatic rings. The van der Waals surface area contributed by atoms with Crippen LogP contribution in [0.1, 0.15) is 84.5 Å². The SMILES string of the molecule is C.COP(=O)(O)OCC(CO)CCCCN.COP(=O)(O)OCC(CO)CCCCNC(=O)CCCN=[N+]=[N-].[N-]=[N+]=NCCCC(=O)ON1C(=O)CCC1=O. The number of carbonyl (C=O) groups is 4. The molecule has 0 aromatic carbocycles. The van der Waals surface area contributed by atoms with Crippen molar-refractivity contribution in [3.8, 4) is 0 Å². The zero-order valence-corrected chi connectivity index (χ0v) is 32.5. The second kappa shape index (κ2) is 35.2. The number of amides is 3. The van der Waals surface area contributed by atoms with E-state index >= 15 is 0 Å². The molecule has 1 fully saturated rings. The number of azide groups is 2. The summed E-state index contributed by atoms with van der Waals surface area (Å²) in [5.41, 5.74) is 21.4. The standard InChI is InChI=1S/C12H25N4O6P.C8H10N4O4.C8H20NO5P.CH4/c1-21-23(19,20)22-10-11(9-17)5-2-3-7-14-12(18)6-4-8-15-16-13;9-11-10-5-1-2-8(15)16-12-6(13)3-4-7(12)14;1-13-15(11,12)14-7-8(6-10)4-2-3-5-9;/h11,17H,2-10H2,1H3,(H,14,18)(H,19,20);1-5H2;8,10H,2-7,9H2,1H3,(H,11,12);1H4. The lowest BCUT2D eigenvalue weighted by atomic mass is 10.0. The van der Waals surface area contributed by atoms with E-state index in [9.17, 15) is 33.4 Å². The van der Waals surface area contributed by atoms with Gasteiger partial charge in [0.05, 0.1) is 13.2 Å².